The Morgan fingerprint density at radius 2 is 2.03 bits per heavy atom. The lowest BCUT2D eigenvalue weighted by atomic mass is 10.0. The molecule has 0 saturated carbocycles. The SMILES string of the molecule is COc1nccc(C)c1N1CCC(NCc2c([N+](=O)[O-])cnn2COCC[Si](C)(C)C)CC1. The normalized spacial score (nSPS) is 15.1. The van der Waals surface area contributed by atoms with Crippen molar-refractivity contribution in [2.75, 3.05) is 31.7 Å². The van der Waals surface area contributed by atoms with Gasteiger partial charge in [-0.05, 0) is 37.4 Å². The predicted molar refractivity (Wildman–Crippen MR) is 131 cm³/mol. The molecule has 0 bridgehead atoms. The number of aryl methyl sites for hydroxylation is 1. The van der Waals surface area contributed by atoms with Crippen LogP contribution < -0.4 is 15.0 Å². The van der Waals surface area contributed by atoms with Crippen LogP contribution >= 0.6 is 0 Å². The Bertz CT molecular complexity index is 937. The van der Waals surface area contributed by atoms with Crippen molar-refractivity contribution in [2.45, 2.75) is 64.8 Å². The standard InChI is InChI=1S/C22H36N6O4Si/c1-17-6-9-23-22(31-2)21(17)26-10-7-18(8-11-26)24-14-19-20(28(29)30)15-25-27(19)16-32-12-13-33(3,4)5/h6,9,15,18,24H,7-8,10-14,16H2,1-5H3. The Balaban J connectivity index is 1.57. The molecule has 11 heteroatoms. The molecule has 1 saturated heterocycles. The van der Waals surface area contributed by atoms with E-state index in [1.807, 2.05) is 6.07 Å². The molecule has 33 heavy (non-hydrogen) atoms. The third kappa shape index (κ3) is 6.75. The molecule has 1 fully saturated rings. The van der Waals surface area contributed by atoms with Gasteiger partial charge in [0.05, 0.1) is 12.0 Å². The van der Waals surface area contributed by atoms with E-state index in [9.17, 15) is 10.1 Å². The molecule has 0 spiro atoms. The van der Waals surface area contributed by atoms with Crippen LogP contribution in [0.1, 0.15) is 24.1 Å². The molecule has 10 nitrogen and oxygen atoms in total. The second-order valence-electron chi connectivity index (χ2n) is 9.71. The van der Waals surface area contributed by atoms with Gasteiger partial charge in [-0.25, -0.2) is 9.67 Å². The zero-order valence-electron chi connectivity index (χ0n) is 20.3. The molecule has 182 valence electrons. The maximum atomic E-state index is 11.5. The summed E-state index contributed by atoms with van der Waals surface area (Å²) in [5.74, 6) is 0.648. The fourth-order valence-electron chi connectivity index (χ4n) is 3.98. The first-order chi connectivity index (χ1) is 15.7. The number of nitrogens with one attached hydrogen (secondary N) is 1. The molecule has 0 atom stereocenters. The van der Waals surface area contributed by atoms with Gasteiger partial charge in [-0.15, -0.1) is 0 Å². The Morgan fingerprint density at radius 1 is 1.30 bits per heavy atom. The van der Waals surface area contributed by atoms with Crippen LogP contribution in [0.4, 0.5) is 11.4 Å². The van der Waals surface area contributed by atoms with Gasteiger partial charge in [0.1, 0.15) is 24.3 Å². The van der Waals surface area contributed by atoms with Crippen molar-refractivity contribution >= 4 is 19.4 Å². The van der Waals surface area contributed by atoms with E-state index < -0.39 is 8.07 Å². The van der Waals surface area contributed by atoms with Crippen LogP contribution in [0.2, 0.25) is 25.7 Å². The van der Waals surface area contributed by atoms with Gasteiger partial charge in [0.15, 0.2) is 0 Å². The number of anilines is 1. The molecule has 3 heterocycles. The highest BCUT2D eigenvalue weighted by molar-refractivity contribution is 6.76. The van der Waals surface area contributed by atoms with E-state index in [-0.39, 0.29) is 23.4 Å². The van der Waals surface area contributed by atoms with E-state index in [0.29, 0.717) is 24.7 Å². The van der Waals surface area contributed by atoms with E-state index in [1.165, 1.54) is 6.20 Å². The molecule has 2 aromatic heterocycles. The average molecular weight is 477 g/mol. The summed E-state index contributed by atoms with van der Waals surface area (Å²) in [6.45, 7) is 11.9. The van der Waals surface area contributed by atoms with Crippen LogP contribution in [0, 0.1) is 17.0 Å². The van der Waals surface area contributed by atoms with Crippen LogP contribution in [-0.4, -0.2) is 60.6 Å². The van der Waals surface area contributed by atoms with E-state index >= 15 is 0 Å². The number of nitrogens with zero attached hydrogens (tertiary/aromatic N) is 5. The third-order valence-corrected chi connectivity index (χ3v) is 7.69. The van der Waals surface area contributed by atoms with Crippen LogP contribution in [-0.2, 0) is 18.0 Å². The summed E-state index contributed by atoms with van der Waals surface area (Å²) < 4.78 is 12.8. The van der Waals surface area contributed by atoms with Gasteiger partial charge in [0.25, 0.3) is 0 Å². The summed E-state index contributed by atoms with van der Waals surface area (Å²) in [5.41, 5.74) is 2.77. The smallest absolute Gasteiger partial charge is 0.311 e. The van der Waals surface area contributed by atoms with Gasteiger partial charge < -0.3 is 19.7 Å². The lowest BCUT2D eigenvalue weighted by Gasteiger charge is -2.35. The molecule has 0 amide bonds. The van der Waals surface area contributed by atoms with Crippen molar-refractivity contribution < 1.29 is 14.4 Å². The number of nitro groups is 1. The van der Waals surface area contributed by atoms with Gasteiger partial charge in [0, 0.05) is 46.6 Å². The van der Waals surface area contributed by atoms with Gasteiger partial charge in [-0.3, -0.25) is 10.1 Å². The number of pyridine rings is 1. The Kier molecular flexibility index (Phi) is 8.44. The number of rotatable bonds is 11. The minimum Gasteiger partial charge on any atom is -0.480 e. The number of ether oxygens (including phenoxy) is 2. The van der Waals surface area contributed by atoms with E-state index in [2.05, 4.69) is 46.9 Å². The Morgan fingerprint density at radius 3 is 2.67 bits per heavy atom. The monoisotopic (exact) mass is 476 g/mol. The maximum absolute atomic E-state index is 11.5. The molecular weight excluding hydrogens is 440 g/mol. The fourth-order valence-corrected chi connectivity index (χ4v) is 4.74. The summed E-state index contributed by atoms with van der Waals surface area (Å²) in [5, 5.41) is 19.2. The molecule has 0 radical (unpaired) electrons. The highest BCUT2D eigenvalue weighted by Crippen LogP contribution is 2.31. The van der Waals surface area contributed by atoms with Crippen molar-refractivity contribution in [3.05, 3.63) is 39.8 Å². The number of hydrogen-bond donors (Lipinski definition) is 1. The molecule has 2 aromatic rings. The maximum Gasteiger partial charge on any atom is 0.311 e. The summed E-state index contributed by atoms with van der Waals surface area (Å²) in [6.07, 6.45) is 4.92. The van der Waals surface area contributed by atoms with Gasteiger partial charge in [-0.2, -0.15) is 5.10 Å². The molecular formula is C22H36N6O4Si. The van der Waals surface area contributed by atoms with E-state index in [4.69, 9.17) is 9.47 Å². The molecule has 1 N–H and O–H groups in total. The van der Waals surface area contributed by atoms with Crippen molar-refractivity contribution in [1.82, 2.24) is 20.1 Å². The lowest BCUT2D eigenvalue weighted by molar-refractivity contribution is -0.385. The molecule has 3 rings (SSSR count). The van der Waals surface area contributed by atoms with Crippen LogP contribution in [0.15, 0.2) is 18.5 Å². The number of hydrogen-bond acceptors (Lipinski definition) is 8. The van der Waals surface area contributed by atoms with E-state index in [0.717, 1.165) is 43.2 Å². The summed E-state index contributed by atoms with van der Waals surface area (Å²) in [7, 11) is 0.453. The molecule has 1 aliphatic heterocycles. The first kappa shape index (κ1) is 25.1. The zero-order chi connectivity index (χ0) is 24.0. The summed E-state index contributed by atoms with van der Waals surface area (Å²) >= 11 is 0. The molecule has 0 aromatic carbocycles. The van der Waals surface area contributed by atoms with E-state index in [1.54, 1.807) is 18.0 Å². The van der Waals surface area contributed by atoms with Crippen LogP contribution in [0.5, 0.6) is 5.88 Å². The van der Waals surface area contributed by atoms with Gasteiger partial charge in [-0.1, -0.05) is 19.6 Å². The van der Waals surface area contributed by atoms with Crippen molar-refractivity contribution in [2.24, 2.45) is 0 Å². The minimum atomic E-state index is -1.19. The highest BCUT2D eigenvalue weighted by Gasteiger charge is 2.26. The summed E-state index contributed by atoms with van der Waals surface area (Å²) in [4.78, 5) is 17.8. The van der Waals surface area contributed by atoms with Crippen LogP contribution in [0.3, 0.4) is 0 Å². The number of aromatic nitrogens is 3. The molecule has 0 unspecified atom stereocenters. The number of methoxy groups -OCH3 is 1. The molecule has 0 aliphatic carbocycles. The van der Waals surface area contributed by atoms with Crippen LogP contribution in [0.25, 0.3) is 0 Å². The van der Waals surface area contributed by atoms with Gasteiger partial charge in [0.2, 0.25) is 5.88 Å². The second kappa shape index (κ2) is 11.1. The minimum absolute atomic E-state index is 0.0319. The predicted octanol–water partition coefficient (Wildman–Crippen LogP) is 3.57. The van der Waals surface area contributed by atoms with Crippen molar-refractivity contribution in [3.63, 3.8) is 0 Å². The van der Waals surface area contributed by atoms with Crippen molar-refractivity contribution in [1.29, 1.82) is 0 Å². The Labute approximate surface area is 196 Å². The topological polar surface area (TPSA) is 108 Å². The highest BCUT2D eigenvalue weighted by atomic mass is 28.3. The first-order valence-corrected chi connectivity index (χ1v) is 15.1. The van der Waals surface area contributed by atoms with Crippen molar-refractivity contribution in [3.8, 4) is 5.88 Å². The summed E-state index contributed by atoms with van der Waals surface area (Å²) in [6, 6.07) is 3.30. The average Bonchev–Trinajstić information content (AvgIpc) is 3.18. The first-order valence-electron chi connectivity index (χ1n) is 11.4. The van der Waals surface area contributed by atoms with Gasteiger partial charge >= 0.3 is 5.69 Å². The number of piperidine rings is 1. The quantitative estimate of drug-likeness (QED) is 0.227. The fraction of sp³-hybridized carbons (Fsp3) is 0.636. The third-order valence-electron chi connectivity index (χ3n) is 5.99. The Hall–Kier alpha value is -2.50. The lowest BCUT2D eigenvalue weighted by Crippen LogP contribution is -2.43. The zero-order valence-corrected chi connectivity index (χ0v) is 21.3. The molecule has 1 aliphatic rings. The second-order valence-corrected chi connectivity index (χ2v) is 15.3. The largest absolute Gasteiger partial charge is 0.480 e.